The van der Waals surface area contributed by atoms with E-state index in [1.165, 1.54) is 10.8 Å². The molecule has 0 unspecified atom stereocenters. The van der Waals surface area contributed by atoms with Crippen LogP contribution in [0, 0.1) is 0 Å². The average molecular weight is 144 g/mol. The fraction of sp³-hybridized carbons (Fsp3) is 1.00. The zero-order valence-electron chi connectivity index (χ0n) is 3.61. The maximum Gasteiger partial charge on any atom is 0.0530 e. The Morgan fingerprint density at radius 2 is 1.86 bits per heavy atom. The number of aliphatic hydroxyl groups excluding tert-OH is 1. The normalized spacial score (nSPS) is 6.86. The largest absolute Gasteiger partial charge is 0.395 e. The van der Waals surface area contributed by atoms with E-state index in [1.54, 1.807) is 0 Å². The topological polar surface area (TPSA) is 60.7 Å². The van der Waals surface area contributed by atoms with Gasteiger partial charge in [0.15, 0.2) is 0 Å². The van der Waals surface area contributed by atoms with Crippen LogP contribution in [0.25, 0.3) is 0 Å². The van der Waals surface area contributed by atoms with Gasteiger partial charge in [0, 0.05) is 5.75 Å². The van der Waals surface area contributed by atoms with Gasteiger partial charge in [-0.05, 0) is 0 Å². The molecule has 0 radical (unpaired) electrons. The van der Waals surface area contributed by atoms with Crippen LogP contribution < -0.4 is 0 Å². The van der Waals surface area contributed by atoms with E-state index >= 15 is 0 Å². The van der Waals surface area contributed by atoms with E-state index in [-0.39, 0.29) is 6.61 Å². The van der Waals surface area contributed by atoms with Crippen LogP contribution in [-0.4, -0.2) is 28.0 Å². The number of hydrogen-bond acceptors (Lipinski definition) is 5. The molecular weight excluding hydrogens is 136 g/mol. The zero-order chi connectivity index (χ0) is 6.12. The fourth-order valence-electron chi connectivity index (χ4n) is 0.0408. The highest BCUT2D eigenvalue weighted by molar-refractivity contribution is 8.68. The molecule has 0 fully saturated rings. The molecule has 0 spiro atoms. The molecular formula is C2H8O3S2. The summed E-state index contributed by atoms with van der Waals surface area (Å²) in [5, 5.41) is 20.0. The summed E-state index contributed by atoms with van der Waals surface area (Å²) in [6.07, 6.45) is 0. The second-order valence-corrected chi connectivity index (χ2v) is 2.00. The van der Waals surface area contributed by atoms with E-state index < -0.39 is 0 Å². The molecule has 0 amide bonds. The molecule has 0 atom stereocenters. The summed E-state index contributed by atoms with van der Waals surface area (Å²) in [6.45, 7) is 0.230. The number of hydrogen-bond donors (Lipinski definition) is 4. The minimum atomic E-state index is 0.230. The monoisotopic (exact) mass is 144 g/mol. The Morgan fingerprint density at radius 1 is 1.43 bits per heavy atom. The van der Waals surface area contributed by atoms with Crippen LogP contribution in [0.15, 0.2) is 0 Å². The first kappa shape index (κ1) is 10.5. The predicted octanol–water partition coefficient (Wildman–Crippen LogP) is 0.574. The van der Waals surface area contributed by atoms with Gasteiger partial charge in [-0.25, -0.2) is 0 Å². The minimum absolute atomic E-state index is 0.230. The Labute approximate surface area is 51.1 Å². The number of thiol groups is 1. The van der Waals surface area contributed by atoms with Crippen LogP contribution in [-0.2, 0) is 0 Å². The maximum absolute atomic E-state index is 8.00. The lowest BCUT2D eigenvalue weighted by Gasteiger charge is -1.78. The van der Waals surface area contributed by atoms with Crippen molar-refractivity contribution in [3.8, 4) is 0 Å². The summed E-state index contributed by atoms with van der Waals surface area (Å²) in [6, 6.07) is 0. The molecule has 0 saturated heterocycles. The quantitative estimate of drug-likeness (QED) is 0.198. The average Bonchev–Trinajstić information content (AvgIpc) is 1.75. The highest BCUT2D eigenvalue weighted by Crippen LogP contribution is 2.00. The van der Waals surface area contributed by atoms with Gasteiger partial charge in [-0.3, -0.25) is 10.5 Å². The molecule has 0 aliphatic heterocycles. The lowest BCUT2D eigenvalue weighted by atomic mass is 10.9. The SMILES string of the molecule is OCCSS.OO. The van der Waals surface area contributed by atoms with E-state index in [9.17, 15) is 0 Å². The van der Waals surface area contributed by atoms with Crippen molar-refractivity contribution in [3.63, 3.8) is 0 Å². The molecule has 0 bridgehead atoms. The molecule has 0 aromatic heterocycles. The van der Waals surface area contributed by atoms with Gasteiger partial charge in [0.2, 0.25) is 0 Å². The van der Waals surface area contributed by atoms with Crippen LogP contribution in [0.3, 0.4) is 0 Å². The van der Waals surface area contributed by atoms with E-state index in [0.29, 0.717) is 0 Å². The van der Waals surface area contributed by atoms with Gasteiger partial charge in [0.1, 0.15) is 0 Å². The minimum Gasteiger partial charge on any atom is -0.395 e. The summed E-state index contributed by atoms with van der Waals surface area (Å²) < 4.78 is 0. The second-order valence-electron chi connectivity index (χ2n) is 0.557. The molecule has 0 aliphatic rings. The van der Waals surface area contributed by atoms with Gasteiger partial charge in [0.25, 0.3) is 0 Å². The Balaban J connectivity index is 0. The predicted molar refractivity (Wildman–Crippen MR) is 33.8 cm³/mol. The smallest absolute Gasteiger partial charge is 0.0530 e. The van der Waals surface area contributed by atoms with Gasteiger partial charge in [0.05, 0.1) is 6.61 Å². The summed E-state index contributed by atoms with van der Waals surface area (Å²) in [4.78, 5) is 0. The summed E-state index contributed by atoms with van der Waals surface area (Å²) in [5.41, 5.74) is 0. The Bertz CT molecular complexity index is 18.4. The third kappa shape index (κ3) is 20.7. The molecule has 0 heterocycles. The first-order valence-electron chi connectivity index (χ1n) is 1.49. The molecule has 0 aromatic carbocycles. The molecule has 0 aliphatic carbocycles. The Morgan fingerprint density at radius 3 is 1.86 bits per heavy atom. The van der Waals surface area contributed by atoms with Crippen molar-refractivity contribution in [2.45, 2.75) is 0 Å². The van der Waals surface area contributed by atoms with Crippen molar-refractivity contribution >= 4 is 22.5 Å². The Hall–Kier alpha value is 0.580. The second kappa shape index (κ2) is 16.0. The van der Waals surface area contributed by atoms with Crippen molar-refractivity contribution in [1.29, 1.82) is 0 Å². The molecule has 5 heteroatoms. The van der Waals surface area contributed by atoms with Crippen LogP contribution in [0.2, 0.25) is 0 Å². The lowest BCUT2D eigenvalue weighted by Crippen LogP contribution is -1.79. The zero-order valence-corrected chi connectivity index (χ0v) is 5.32. The van der Waals surface area contributed by atoms with Crippen molar-refractivity contribution in [1.82, 2.24) is 0 Å². The number of rotatable bonds is 2. The van der Waals surface area contributed by atoms with Gasteiger partial charge in [-0.1, -0.05) is 10.8 Å². The summed E-state index contributed by atoms with van der Waals surface area (Å²) in [5.74, 6) is 0.725. The Kier molecular flexibility index (Phi) is 24.1. The van der Waals surface area contributed by atoms with Crippen molar-refractivity contribution < 1.29 is 15.6 Å². The van der Waals surface area contributed by atoms with Gasteiger partial charge in [-0.2, -0.15) is 0 Å². The first-order valence-corrected chi connectivity index (χ1v) is 3.53. The molecule has 3 N–H and O–H groups in total. The summed E-state index contributed by atoms with van der Waals surface area (Å²) in [7, 11) is 1.35. The lowest BCUT2D eigenvalue weighted by molar-refractivity contribution is -0.176. The van der Waals surface area contributed by atoms with E-state index in [0.717, 1.165) is 5.75 Å². The molecule has 3 nitrogen and oxygen atoms in total. The highest BCUT2D eigenvalue weighted by Gasteiger charge is 1.70. The highest BCUT2D eigenvalue weighted by atomic mass is 33.1. The van der Waals surface area contributed by atoms with Crippen molar-refractivity contribution in [2.24, 2.45) is 0 Å². The van der Waals surface area contributed by atoms with E-state index in [1.807, 2.05) is 0 Å². The first-order chi connectivity index (χ1) is 3.41. The number of aliphatic hydroxyl groups is 1. The molecule has 46 valence electrons. The molecule has 7 heavy (non-hydrogen) atoms. The van der Waals surface area contributed by atoms with Crippen LogP contribution in [0.5, 0.6) is 0 Å². The van der Waals surface area contributed by atoms with E-state index in [2.05, 4.69) is 11.7 Å². The maximum atomic E-state index is 8.00. The standard InChI is InChI=1S/C2H6OS2.H2O2/c3-1-2-5-4;1-2/h3-4H,1-2H2;1-2H. The van der Waals surface area contributed by atoms with Crippen molar-refractivity contribution in [3.05, 3.63) is 0 Å². The van der Waals surface area contributed by atoms with Gasteiger partial charge in [-0.15, -0.1) is 11.7 Å². The van der Waals surface area contributed by atoms with Crippen LogP contribution in [0.4, 0.5) is 0 Å². The van der Waals surface area contributed by atoms with Crippen LogP contribution in [0.1, 0.15) is 0 Å². The third-order valence-corrected chi connectivity index (χ3v) is 1.10. The molecule has 0 rings (SSSR count). The van der Waals surface area contributed by atoms with Crippen molar-refractivity contribution in [2.75, 3.05) is 12.4 Å². The van der Waals surface area contributed by atoms with Gasteiger partial charge >= 0.3 is 0 Å². The van der Waals surface area contributed by atoms with Crippen LogP contribution >= 0.6 is 22.5 Å². The van der Waals surface area contributed by atoms with E-state index in [4.69, 9.17) is 15.6 Å². The van der Waals surface area contributed by atoms with Gasteiger partial charge < -0.3 is 5.11 Å². The fourth-order valence-corrected chi connectivity index (χ4v) is 0.367. The molecule has 0 saturated carbocycles. The summed E-state index contributed by atoms with van der Waals surface area (Å²) >= 11 is 3.76. The third-order valence-electron chi connectivity index (χ3n) is 0.183. The molecule has 0 aromatic rings.